The SMILES string of the molecule is C/C(=C\c1ccccc1)CN(CC1CCN(C(=O)c2ccc(F)cc2)CC1)C(=O)NCc1ccccc1. The normalized spacial score (nSPS) is 14.3. The van der Waals surface area contributed by atoms with Gasteiger partial charge in [-0.15, -0.1) is 0 Å². The van der Waals surface area contributed by atoms with Crippen LogP contribution in [-0.2, 0) is 6.54 Å². The first-order valence-electron chi connectivity index (χ1n) is 12.8. The molecule has 6 heteroatoms. The highest BCUT2D eigenvalue weighted by Crippen LogP contribution is 2.21. The van der Waals surface area contributed by atoms with Gasteiger partial charge in [0.15, 0.2) is 0 Å². The van der Waals surface area contributed by atoms with Gasteiger partial charge in [0, 0.05) is 38.3 Å². The zero-order valence-corrected chi connectivity index (χ0v) is 21.3. The van der Waals surface area contributed by atoms with Gasteiger partial charge in [-0.1, -0.05) is 72.3 Å². The van der Waals surface area contributed by atoms with Gasteiger partial charge in [0.1, 0.15) is 5.82 Å². The number of hydrogen-bond donors (Lipinski definition) is 1. The fourth-order valence-corrected chi connectivity index (χ4v) is 4.69. The van der Waals surface area contributed by atoms with Crippen LogP contribution in [0, 0.1) is 11.7 Å². The van der Waals surface area contributed by atoms with Crippen molar-refractivity contribution in [3.8, 4) is 0 Å². The van der Waals surface area contributed by atoms with Crippen molar-refractivity contribution in [3.63, 3.8) is 0 Å². The summed E-state index contributed by atoms with van der Waals surface area (Å²) < 4.78 is 13.2. The Labute approximate surface area is 218 Å². The van der Waals surface area contributed by atoms with E-state index in [1.807, 2.05) is 58.3 Å². The summed E-state index contributed by atoms with van der Waals surface area (Å²) >= 11 is 0. The lowest BCUT2D eigenvalue weighted by Crippen LogP contribution is -2.46. The van der Waals surface area contributed by atoms with Gasteiger partial charge in [-0.05, 0) is 61.1 Å². The number of carbonyl (C=O) groups is 2. The number of hydrogen-bond acceptors (Lipinski definition) is 2. The maximum Gasteiger partial charge on any atom is 0.317 e. The molecule has 3 aromatic rings. The van der Waals surface area contributed by atoms with Crippen molar-refractivity contribution in [3.05, 3.63) is 113 Å². The van der Waals surface area contributed by atoms with E-state index in [2.05, 4.69) is 30.4 Å². The molecule has 0 bridgehead atoms. The zero-order valence-electron chi connectivity index (χ0n) is 21.3. The molecule has 0 aromatic heterocycles. The second-order valence-electron chi connectivity index (χ2n) is 9.67. The lowest BCUT2D eigenvalue weighted by molar-refractivity contribution is 0.0674. The van der Waals surface area contributed by atoms with Crippen LogP contribution < -0.4 is 5.32 Å². The molecule has 1 N–H and O–H groups in total. The number of rotatable bonds is 8. The summed E-state index contributed by atoms with van der Waals surface area (Å²) in [5, 5.41) is 3.08. The number of nitrogens with one attached hydrogen (secondary N) is 1. The van der Waals surface area contributed by atoms with Crippen molar-refractivity contribution >= 4 is 18.0 Å². The number of benzene rings is 3. The molecule has 0 spiro atoms. The molecule has 0 aliphatic carbocycles. The van der Waals surface area contributed by atoms with E-state index in [0.29, 0.717) is 44.2 Å². The molecule has 1 saturated heterocycles. The topological polar surface area (TPSA) is 52.7 Å². The number of carbonyl (C=O) groups excluding carboxylic acids is 2. The molecule has 37 heavy (non-hydrogen) atoms. The van der Waals surface area contributed by atoms with Crippen LogP contribution in [0.15, 0.2) is 90.5 Å². The molecule has 1 heterocycles. The van der Waals surface area contributed by atoms with Gasteiger partial charge < -0.3 is 15.1 Å². The highest BCUT2D eigenvalue weighted by Gasteiger charge is 2.26. The smallest absolute Gasteiger partial charge is 0.317 e. The van der Waals surface area contributed by atoms with Crippen molar-refractivity contribution in [1.82, 2.24) is 15.1 Å². The molecule has 0 atom stereocenters. The molecule has 1 aliphatic heterocycles. The maximum absolute atomic E-state index is 13.3. The molecule has 1 fully saturated rings. The average Bonchev–Trinajstić information content (AvgIpc) is 2.93. The van der Waals surface area contributed by atoms with Crippen molar-refractivity contribution in [2.24, 2.45) is 5.92 Å². The first kappa shape index (κ1) is 26.1. The number of amides is 3. The Morgan fingerprint density at radius 1 is 0.946 bits per heavy atom. The maximum atomic E-state index is 13.3. The van der Waals surface area contributed by atoms with Gasteiger partial charge in [0.2, 0.25) is 0 Å². The first-order valence-corrected chi connectivity index (χ1v) is 12.8. The third-order valence-electron chi connectivity index (χ3n) is 6.70. The monoisotopic (exact) mass is 499 g/mol. The number of nitrogens with zero attached hydrogens (tertiary/aromatic N) is 2. The van der Waals surface area contributed by atoms with Gasteiger partial charge in [-0.25, -0.2) is 9.18 Å². The average molecular weight is 500 g/mol. The second kappa shape index (κ2) is 12.9. The van der Waals surface area contributed by atoms with Crippen molar-refractivity contribution in [2.75, 3.05) is 26.2 Å². The molecule has 4 rings (SSSR count). The highest BCUT2D eigenvalue weighted by atomic mass is 19.1. The van der Waals surface area contributed by atoms with Gasteiger partial charge in [-0.3, -0.25) is 4.79 Å². The number of likely N-dealkylation sites (tertiary alicyclic amines) is 1. The summed E-state index contributed by atoms with van der Waals surface area (Å²) in [5.41, 5.74) is 3.77. The minimum Gasteiger partial charge on any atom is -0.339 e. The standard InChI is InChI=1S/C31H34FN3O2/c1-24(20-25-8-4-2-5-9-25)22-35(31(37)33-21-26-10-6-3-7-11-26)23-27-16-18-34(19-17-27)30(36)28-12-14-29(32)15-13-28/h2-15,20,27H,16-19,21-23H2,1H3,(H,33,37)/b24-20+. The molecule has 5 nitrogen and oxygen atoms in total. The van der Waals surface area contributed by atoms with E-state index in [1.54, 1.807) is 0 Å². The highest BCUT2D eigenvalue weighted by molar-refractivity contribution is 5.94. The van der Waals surface area contributed by atoms with E-state index in [4.69, 9.17) is 0 Å². The lowest BCUT2D eigenvalue weighted by Gasteiger charge is -2.35. The molecule has 0 unspecified atom stereocenters. The number of piperidine rings is 1. The number of urea groups is 1. The van der Waals surface area contributed by atoms with E-state index in [-0.39, 0.29) is 17.8 Å². The quantitative estimate of drug-likeness (QED) is 0.414. The summed E-state index contributed by atoms with van der Waals surface area (Å²) in [6.07, 6.45) is 3.75. The minimum absolute atomic E-state index is 0.0717. The Balaban J connectivity index is 1.38. The van der Waals surface area contributed by atoms with Crippen LogP contribution in [0.2, 0.25) is 0 Å². The minimum atomic E-state index is -0.350. The van der Waals surface area contributed by atoms with Crippen molar-refractivity contribution < 1.29 is 14.0 Å². The third-order valence-corrected chi connectivity index (χ3v) is 6.70. The van der Waals surface area contributed by atoms with Gasteiger partial charge in [-0.2, -0.15) is 0 Å². The fourth-order valence-electron chi connectivity index (χ4n) is 4.69. The largest absolute Gasteiger partial charge is 0.339 e. The lowest BCUT2D eigenvalue weighted by atomic mass is 9.95. The Hall–Kier alpha value is -3.93. The summed E-state index contributed by atoms with van der Waals surface area (Å²) in [5.74, 6) is -0.126. The third kappa shape index (κ3) is 7.78. The van der Waals surface area contributed by atoms with Gasteiger partial charge >= 0.3 is 6.03 Å². The van der Waals surface area contributed by atoms with Crippen LogP contribution in [-0.4, -0.2) is 47.9 Å². The summed E-state index contributed by atoms with van der Waals surface area (Å²) in [6, 6.07) is 25.6. The van der Waals surface area contributed by atoms with Crippen LogP contribution in [0.5, 0.6) is 0 Å². The summed E-state index contributed by atoms with van der Waals surface area (Å²) in [4.78, 5) is 29.8. The Bertz CT molecular complexity index is 1190. The van der Waals surface area contributed by atoms with Crippen molar-refractivity contribution in [1.29, 1.82) is 0 Å². The van der Waals surface area contributed by atoms with E-state index < -0.39 is 0 Å². The van der Waals surface area contributed by atoms with Crippen LogP contribution in [0.1, 0.15) is 41.3 Å². The van der Waals surface area contributed by atoms with E-state index in [0.717, 1.165) is 29.5 Å². The predicted molar refractivity (Wildman–Crippen MR) is 145 cm³/mol. The Morgan fingerprint density at radius 3 is 2.22 bits per heavy atom. The molecule has 0 radical (unpaired) electrons. The predicted octanol–water partition coefficient (Wildman–Crippen LogP) is 5.99. The Kier molecular flexibility index (Phi) is 9.08. The molecule has 3 amide bonds. The molecular formula is C31H34FN3O2. The summed E-state index contributed by atoms with van der Waals surface area (Å²) in [7, 11) is 0. The Morgan fingerprint density at radius 2 is 1.57 bits per heavy atom. The molecule has 3 aromatic carbocycles. The molecule has 1 aliphatic rings. The summed E-state index contributed by atoms with van der Waals surface area (Å²) in [6.45, 7) is 4.93. The second-order valence-corrected chi connectivity index (χ2v) is 9.67. The molecular weight excluding hydrogens is 465 g/mol. The van der Waals surface area contributed by atoms with E-state index in [9.17, 15) is 14.0 Å². The molecule has 192 valence electrons. The van der Waals surface area contributed by atoms with E-state index >= 15 is 0 Å². The van der Waals surface area contributed by atoms with Crippen LogP contribution in [0.3, 0.4) is 0 Å². The van der Waals surface area contributed by atoms with Gasteiger partial charge in [0.05, 0.1) is 0 Å². The first-order chi connectivity index (χ1) is 18.0. The van der Waals surface area contributed by atoms with Crippen molar-refractivity contribution in [2.45, 2.75) is 26.3 Å². The van der Waals surface area contributed by atoms with Crippen LogP contribution in [0.25, 0.3) is 6.08 Å². The zero-order chi connectivity index (χ0) is 26.0. The van der Waals surface area contributed by atoms with Gasteiger partial charge in [0.25, 0.3) is 5.91 Å². The van der Waals surface area contributed by atoms with Crippen LogP contribution in [0.4, 0.5) is 9.18 Å². The van der Waals surface area contributed by atoms with E-state index in [1.165, 1.54) is 24.3 Å². The fraction of sp³-hybridized carbons (Fsp3) is 0.290. The van der Waals surface area contributed by atoms with Crippen LogP contribution >= 0.6 is 0 Å². The molecule has 0 saturated carbocycles. The number of halogens is 1.